The van der Waals surface area contributed by atoms with E-state index in [1.165, 1.54) is 12.8 Å². The Hall–Kier alpha value is -0.900. The number of hydrogen-bond donors (Lipinski definition) is 1. The van der Waals surface area contributed by atoms with Crippen molar-refractivity contribution in [2.75, 3.05) is 13.1 Å². The van der Waals surface area contributed by atoms with Gasteiger partial charge in [-0.15, -0.1) is 10.2 Å². The minimum absolute atomic E-state index is 0.0870. The Kier molecular flexibility index (Phi) is 2.78. The van der Waals surface area contributed by atoms with Crippen molar-refractivity contribution in [3.05, 3.63) is 12.2 Å². The molecule has 0 radical (unpaired) electrons. The maximum atomic E-state index is 4.29. The van der Waals surface area contributed by atoms with Crippen molar-refractivity contribution in [3.8, 4) is 0 Å². The number of rotatable bonds is 1. The molecule has 0 aromatic carbocycles. The van der Waals surface area contributed by atoms with E-state index in [2.05, 4.69) is 40.9 Å². The molecule has 1 aromatic heterocycles. The summed E-state index contributed by atoms with van der Waals surface area (Å²) in [6, 6.07) is 0. The lowest BCUT2D eigenvalue weighted by molar-refractivity contribution is 0.350. The van der Waals surface area contributed by atoms with Crippen molar-refractivity contribution in [2.45, 2.75) is 45.1 Å². The summed E-state index contributed by atoms with van der Waals surface area (Å²) in [7, 11) is 0. The Bertz CT molecular complexity index is 318. The van der Waals surface area contributed by atoms with Crippen molar-refractivity contribution >= 4 is 0 Å². The summed E-state index contributed by atoms with van der Waals surface area (Å²) in [6.07, 6.45) is 4.21. The van der Waals surface area contributed by atoms with Crippen LogP contribution in [0, 0.1) is 0 Å². The summed E-state index contributed by atoms with van der Waals surface area (Å²) in [5.74, 6) is 1.73. The first kappa shape index (κ1) is 10.6. The van der Waals surface area contributed by atoms with E-state index in [0.717, 1.165) is 18.9 Å². The first-order valence-electron chi connectivity index (χ1n) is 5.70. The molecule has 1 N–H and O–H groups in total. The summed E-state index contributed by atoms with van der Waals surface area (Å²) in [6.45, 7) is 8.78. The molecule has 1 aromatic rings. The molecule has 1 aliphatic heterocycles. The summed E-state index contributed by atoms with van der Waals surface area (Å²) in [4.78, 5) is 0. The lowest BCUT2D eigenvalue weighted by Gasteiger charge is -2.28. The summed E-state index contributed by atoms with van der Waals surface area (Å²) >= 11 is 0. The molecule has 2 rings (SSSR count). The van der Waals surface area contributed by atoms with Crippen LogP contribution >= 0.6 is 0 Å². The van der Waals surface area contributed by atoms with E-state index in [9.17, 15) is 0 Å². The molecule has 0 bridgehead atoms. The maximum Gasteiger partial charge on any atom is 0.136 e. The fourth-order valence-corrected chi connectivity index (χ4v) is 2.12. The van der Waals surface area contributed by atoms with Crippen molar-refractivity contribution in [3.63, 3.8) is 0 Å². The highest BCUT2D eigenvalue weighted by molar-refractivity contribution is 5.01. The third kappa shape index (κ3) is 2.20. The number of hydrogen-bond acceptors (Lipinski definition) is 3. The fourth-order valence-electron chi connectivity index (χ4n) is 2.12. The van der Waals surface area contributed by atoms with Gasteiger partial charge in [0.2, 0.25) is 0 Å². The summed E-state index contributed by atoms with van der Waals surface area (Å²) < 4.78 is 2.21. The summed E-state index contributed by atoms with van der Waals surface area (Å²) in [5, 5.41) is 11.7. The minimum Gasteiger partial charge on any atom is -0.317 e. The molecule has 1 saturated heterocycles. The van der Waals surface area contributed by atoms with Crippen molar-refractivity contribution in [1.29, 1.82) is 0 Å². The van der Waals surface area contributed by atoms with Gasteiger partial charge in [0, 0.05) is 11.5 Å². The predicted octanol–water partition coefficient (Wildman–Crippen LogP) is 1.50. The second-order valence-corrected chi connectivity index (χ2v) is 5.25. The highest BCUT2D eigenvalue weighted by Crippen LogP contribution is 2.26. The van der Waals surface area contributed by atoms with E-state index in [1.54, 1.807) is 0 Å². The van der Waals surface area contributed by atoms with Gasteiger partial charge in [-0.2, -0.15) is 0 Å². The van der Waals surface area contributed by atoms with Crippen LogP contribution in [0.25, 0.3) is 0 Å². The molecule has 0 spiro atoms. The van der Waals surface area contributed by atoms with E-state index in [0.29, 0.717) is 5.92 Å². The zero-order chi connectivity index (χ0) is 10.9. The van der Waals surface area contributed by atoms with E-state index in [-0.39, 0.29) is 5.54 Å². The smallest absolute Gasteiger partial charge is 0.136 e. The summed E-state index contributed by atoms with van der Waals surface area (Å²) in [5.41, 5.74) is 0.0870. The average Bonchev–Trinajstić information content (AvgIpc) is 2.67. The molecular formula is C11H20N4. The number of nitrogens with one attached hydrogen (secondary N) is 1. The van der Waals surface area contributed by atoms with Crippen LogP contribution in [0.3, 0.4) is 0 Å². The molecule has 0 unspecified atom stereocenters. The van der Waals surface area contributed by atoms with Crippen LogP contribution in [0.1, 0.15) is 45.4 Å². The van der Waals surface area contributed by atoms with Gasteiger partial charge in [0.25, 0.3) is 0 Å². The van der Waals surface area contributed by atoms with Crippen LogP contribution in [0.4, 0.5) is 0 Å². The lowest BCUT2D eigenvalue weighted by atomic mass is 9.96. The Morgan fingerprint density at radius 2 is 2.00 bits per heavy atom. The molecule has 4 heteroatoms. The van der Waals surface area contributed by atoms with Crippen LogP contribution < -0.4 is 5.32 Å². The van der Waals surface area contributed by atoms with Gasteiger partial charge in [-0.25, -0.2) is 0 Å². The number of aromatic nitrogens is 3. The molecule has 0 amide bonds. The topological polar surface area (TPSA) is 42.7 Å². The van der Waals surface area contributed by atoms with Gasteiger partial charge in [0.15, 0.2) is 0 Å². The van der Waals surface area contributed by atoms with Crippen LogP contribution in [0.5, 0.6) is 0 Å². The third-order valence-electron chi connectivity index (χ3n) is 3.00. The normalized spacial score (nSPS) is 19.4. The van der Waals surface area contributed by atoms with E-state index < -0.39 is 0 Å². The largest absolute Gasteiger partial charge is 0.317 e. The average molecular weight is 208 g/mol. The van der Waals surface area contributed by atoms with Gasteiger partial charge < -0.3 is 9.88 Å². The third-order valence-corrected chi connectivity index (χ3v) is 3.00. The molecule has 2 heterocycles. The molecule has 1 aliphatic rings. The Balaban J connectivity index is 2.24. The van der Waals surface area contributed by atoms with Crippen LogP contribution in [0.2, 0.25) is 0 Å². The highest BCUT2D eigenvalue weighted by Gasteiger charge is 2.25. The number of piperidine rings is 1. The highest BCUT2D eigenvalue weighted by atomic mass is 15.3. The van der Waals surface area contributed by atoms with E-state index >= 15 is 0 Å². The molecule has 1 fully saturated rings. The second-order valence-electron chi connectivity index (χ2n) is 5.25. The first-order chi connectivity index (χ1) is 7.09. The fraction of sp³-hybridized carbons (Fsp3) is 0.818. The maximum absolute atomic E-state index is 4.29. The predicted molar refractivity (Wildman–Crippen MR) is 59.9 cm³/mol. The zero-order valence-electron chi connectivity index (χ0n) is 9.82. The van der Waals surface area contributed by atoms with Crippen molar-refractivity contribution < 1.29 is 0 Å². The second kappa shape index (κ2) is 3.93. The van der Waals surface area contributed by atoms with Crippen molar-refractivity contribution in [2.24, 2.45) is 0 Å². The van der Waals surface area contributed by atoms with Gasteiger partial charge >= 0.3 is 0 Å². The minimum atomic E-state index is 0.0870. The quantitative estimate of drug-likeness (QED) is 0.760. The zero-order valence-corrected chi connectivity index (χ0v) is 9.82. The molecule has 0 atom stereocenters. The lowest BCUT2D eigenvalue weighted by Crippen LogP contribution is -2.31. The van der Waals surface area contributed by atoms with Crippen LogP contribution in [-0.2, 0) is 5.54 Å². The Morgan fingerprint density at radius 3 is 2.60 bits per heavy atom. The molecule has 0 aliphatic carbocycles. The molecular weight excluding hydrogens is 188 g/mol. The Morgan fingerprint density at radius 1 is 1.33 bits per heavy atom. The Labute approximate surface area is 91.1 Å². The molecule has 0 saturated carbocycles. The van der Waals surface area contributed by atoms with Gasteiger partial charge in [-0.1, -0.05) is 0 Å². The van der Waals surface area contributed by atoms with Gasteiger partial charge in [0.1, 0.15) is 12.2 Å². The molecule has 84 valence electrons. The standard InChI is InChI=1S/C11H20N4/c1-11(2,3)15-8-13-14-10(15)9-4-6-12-7-5-9/h8-9,12H,4-7H2,1-3H3. The van der Waals surface area contributed by atoms with Crippen LogP contribution in [0.15, 0.2) is 6.33 Å². The molecule has 15 heavy (non-hydrogen) atoms. The first-order valence-corrected chi connectivity index (χ1v) is 5.70. The van der Waals surface area contributed by atoms with Crippen molar-refractivity contribution in [1.82, 2.24) is 20.1 Å². The monoisotopic (exact) mass is 208 g/mol. The number of nitrogens with zero attached hydrogens (tertiary/aromatic N) is 3. The molecule has 4 nitrogen and oxygen atoms in total. The van der Waals surface area contributed by atoms with E-state index in [1.807, 2.05) is 6.33 Å². The SMILES string of the molecule is CC(C)(C)n1cnnc1C1CCNCC1. The van der Waals surface area contributed by atoms with Gasteiger partial charge in [-0.3, -0.25) is 0 Å². The van der Waals surface area contributed by atoms with Gasteiger partial charge in [0.05, 0.1) is 0 Å². The van der Waals surface area contributed by atoms with Gasteiger partial charge in [-0.05, 0) is 46.7 Å². The van der Waals surface area contributed by atoms with E-state index in [4.69, 9.17) is 0 Å². The van der Waals surface area contributed by atoms with Crippen LogP contribution in [-0.4, -0.2) is 27.9 Å².